The number of imidazole rings is 1. The number of hydrogen-bond acceptors (Lipinski definition) is 7. The third-order valence-corrected chi connectivity index (χ3v) is 5.51. The molecular weight excluding hydrogens is 453 g/mol. The van der Waals surface area contributed by atoms with Crippen molar-refractivity contribution in [1.29, 1.82) is 0 Å². The molecule has 0 aliphatic rings. The lowest BCUT2D eigenvalue weighted by molar-refractivity contribution is -0.384. The van der Waals surface area contributed by atoms with Crippen molar-refractivity contribution in [2.75, 3.05) is 11.1 Å². The molecule has 0 saturated carbocycles. The molecule has 1 atom stereocenters. The van der Waals surface area contributed by atoms with Crippen molar-refractivity contribution in [1.82, 2.24) is 19.4 Å². The Kier molecular flexibility index (Phi) is 6.11. The number of nitro groups is 1. The molecule has 0 aliphatic carbocycles. The molecule has 1 aromatic carbocycles. The van der Waals surface area contributed by atoms with Gasteiger partial charge in [0, 0.05) is 46.8 Å². The molecule has 0 amide bonds. The number of halogens is 2. The molecule has 1 unspecified atom stereocenters. The van der Waals surface area contributed by atoms with E-state index in [0.29, 0.717) is 40.2 Å². The third-order valence-electron chi connectivity index (χ3n) is 4.96. The van der Waals surface area contributed by atoms with Crippen molar-refractivity contribution in [3.8, 4) is 11.3 Å². The maximum atomic E-state index is 10.9. The number of fused-ring (bicyclic) bond motifs is 1. The number of anilines is 2. The summed E-state index contributed by atoms with van der Waals surface area (Å²) in [5, 5.41) is 15.4. The van der Waals surface area contributed by atoms with Gasteiger partial charge in [0.25, 0.3) is 0 Å². The van der Waals surface area contributed by atoms with Gasteiger partial charge in [-0.2, -0.15) is 0 Å². The number of nitrogens with one attached hydrogen (secondary N) is 1. The van der Waals surface area contributed by atoms with Crippen molar-refractivity contribution in [2.24, 2.45) is 0 Å². The van der Waals surface area contributed by atoms with E-state index in [1.54, 1.807) is 24.4 Å². The summed E-state index contributed by atoms with van der Waals surface area (Å²) in [5.41, 5.74) is 8.33. The van der Waals surface area contributed by atoms with E-state index < -0.39 is 4.92 Å². The van der Waals surface area contributed by atoms with E-state index in [1.807, 2.05) is 29.7 Å². The third kappa shape index (κ3) is 4.58. The number of aromatic nitrogens is 4. The zero-order valence-corrected chi connectivity index (χ0v) is 18.5. The summed E-state index contributed by atoms with van der Waals surface area (Å²) in [5.74, 6) is 0.534. The standard InChI is InChI=1S/C21H19Cl2N7O2/c1-12(2-4-14-5-7-18(30(31)32)20(24)27-14)26-21-28-17(11-19-25-8-9-29(19)21)15-6-3-13(22)10-16(15)23/h3,5-12H,2,4H2,1H3,(H2,24,27)(H,26,28). The summed E-state index contributed by atoms with van der Waals surface area (Å²) in [4.78, 5) is 23.6. The average Bonchev–Trinajstić information content (AvgIpc) is 3.21. The summed E-state index contributed by atoms with van der Waals surface area (Å²) in [6, 6.07) is 10.1. The van der Waals surface area contributed by atoms with E-state index in [2.05, 4.69) is 15.3 Å². The van der Waals surface area contributed by atoms with Gasteiger partial charge in [0.05, 0.1) is 15.6 Å². The Labute approximate surface area is 193 Å². The minimum atomic E-state index is -0.543. The van der Waals surface area contributed by atoms with Crippen LogP contribution in [0.1, 0.15) is 19.0 Å². The quantitative estimate of drug-likeness (QED) is 0.286. The van der Waals surface area contributed by atoms with Crippen LogP contribution >= 0.6 is 23.2 Å². The summed E-state index contributed by atoms with van der Waals surface area (Å²) in [6.07, 6.45) is 4.81. The van der Waals surface area contributed by atoms with Gasteiger partial charge in [0.2, 0.25) is 11.8 Å². The summed E-state index contributed by atoms with van der Waals surface area (Å²) >= 11 is 12.4. The lowest BCUT2D eigenvalue weighted by Gasteiger charge is -2.17. The number of hydrogen-bond donors (Lipinski definition) is 2. The number of benzene rings is 1. The van der Waals surface area contributed by atoms with Crippen LogP contribution in [0, 0.1) is 10.1 Å². The van der Waals surface area contributed by atoms with Gasteiger partial charge < -0.3 is 11.1 Å². The first-order chi connectivity index (χ1) is 15.3. The number of aryl methyl sites for hydroxylation is 1. The predicted molar refractivity (Wildman–Crippen MR) is 125 cm³/mol. The largest absolute Gasteiger partial charge is 0.378 e. The molecule has 9 nitrogen and oxygen atoms in total. The highest BCUT2D eigenvalue weighted by atomic mass is 35.5. The van der Waals surface area contributed by atoms with E-state index in [-0.39, 0.29) is 17.5 Å². The summed E-state index contributed by atoms with van der Waals surface area (Å²) < 4.78 is 1.85. The Morgan fingerprint density at radius 1 is 1.22 bits per heavy atom. The highest BCUT2D eigenvalue weighted by Gasteiger charge is 2.15. The minimum absolute atomic E-state index is 0.0160. The molecule has 0 fully saturated rings. The molecule has 0 saturated heterocycles. The van der Waals surface area contributed by atoms with Gasteiger partial charge in [0.15, 0.2) is 0 Å². The number of rotatable bonds is 7. The maximum Gasteiger partial charge on any atom is 0.311 e. The smallest absolute Gasteiger partial charge is 0.311 e. The molecule has 32 heavy (non-hydrogen) atoms. The van der Waals surface area contributed by atoms with Gasteiger partial charge in [-0.15, -0.1) is 0 Å². The van der Waals surface area contributed by atoms with Crippen LogP contribution in [0.3, 0.4) is 0 Å². The van der Waals surface area contributed by atoms with Crippen molar-refractivity contribution < 1.29 is 4.92 Å². The van der Waals surface area contributed by atoms with Crippen LogP contribution in [-0.2, 0) is 6.42 Å². The van der Waals surface area contributed by atoms with Crippen LogP contribution in [0.15, 0.2) is 48.8 Å². The Morgan fingerprint density at radius 2 is 2.03 bits per heavy atom. The first-order valence-electron chi connectivity index (χ1n) is 9.77. The fourth-order valence-corrected chi connectivity index (χ4v) is 3.83. The second-order valence-electron chi connectivity index (χ2n) is 7.29. The second kappa shape index (κ2) is 8.97. The normalized spacial score (nSPS) is 12.1. The van der Waals surface area contributed by atoms with Crippen molar-refractivity contribution in [3.05, 3.63) is 74.6 Å². The van der Waals surface area contributed by atoms with Crippen molar-refractivity contribution >= 4 is 46.3 Å². The highest BCUT2D eigenvalue weighted by molar-refractivity contribution is 6.36. The first-order valence-corrected chi connectivity index (χ1v) is 10.5. The van der Waals surface area contributed by atoms with Crippen molar-refractivity contribution in [2.45, 2.75) is 25.8 Å². The molecule has 0 bridgehead atoms. The predicted octanol–water partition coefficient (Wildman–Crippen LogP) is 5.02. The Balaban J connectivity index is 1.54. The highest BCUT2D eigenvalue weighted by Crippen LogP contribution is 2.31. The van der Waals surface area contributed by atoms with E-state index in [0.717, 1.165) is 11.2 Å². The molecule has 4 rings (SSSR count). The molecule has 0 spiro atoms. The fourth-order valence-electron chi connectivity index (χ4n) is 3.32. The van der Waals surface area contributed by atoms with Crippen LogP contribution in [0.2, 0.25) is 10.0 Å². The van der Waals surface area contributed by atoms with Gasteiger partial charge in [-0.1, -0.05) is 23.2 Å². The Morgan fingerprint density at radius 3 is 2.75 bits per heavy atom. The molecular formula is C21H19Cl2N7O2. The van der Waals surface area contributed by atoms with E-state index >= 15 is 0 Å². The lowest BCUT2D eigenvalue weighted by atomic mass is 10.1. The van der Waals surface area contributed by atoms with Gasteiger partial charge in [-0.25, -0.2) is 15.0 Å². The Hall–Kier alpha value is -3.43. The Bertz CT molecular complexity index is 1310. The molecule has 4 aromatic rings. The number of nitrogens with two attached hydrogens (primary N) is 1. The lowest BCUT2D eigenvalue weighted by Crippen LogP contribution is -2.19. The van der Waals surface area contributed by atoms with Gasteiger partial charge in [-0.05, 0) is 44.0 Å². The van der Waals surface area contributed by atoms with Gasteiger partial charge in [-0.3, -0.25) is 14.5 Å². The van der Waals surface area contributed by atoms with E-state index in [1.165, 1.54) is 6.07 Å². The zero-order chi connectivity index (χ0) is 22.8. The molecule has 0 radical (unpaired) electrons. The molecule has 3 aromatic heterocycles. The van der Waals surface area contributed by atoms with Crippen LogP contribution in [0.4, 0.5) is 17.5 Å². The minimum Gasteiger partial charge on any atom is -0.378 e. The molecule has 3 N–H and O–H groups in total. The topological polar surface area (TPSA) is 124 Å². The number of nitrogens with zero attached hydrogens (tertiary/aromatic N) is 5. The van der Waals surface area contributed by atoms with E-state index in [4.69, 9.17) is 33.9 Å². The SMILES string of the molecule is CC(CCc1ccc([N+](=O)[O-])c(N)n1)Nc1nc(-c2ccc(Cl)cc2Cl)cc2nccn12. The molecule has 3 heterocycles. The number of nitrogen functional groups attached to an aromatic ring is 1. The molecule has 0 aliphatic heterocycles. The van der Waals surface area contributed by atoms with Crippen molar-refractivity contribution in [3.63, 3.8) is 0 Å². The van der Waals surface area contributed by atoms with Crippen LogP contribution in [0.5, 0.6) is 0 Å². The fraction of sp³-hybridized carbons (Fsp3) is 0.190. The number of pyridine rings is 1. The maximum absolute atomic E-state index is 10.9. The van der Waals surface area contributed by atoms with Crippen LogP contribution in [-0.4, -0.2) is 30.3 Å². The second-order valence-corrected chi connectivity index (χ2v) is 8.14. The van der Waals surface area contributed by atoms with Crippen LogP contribution < -0.4 is 11.1 Å². The molecule has 164 valence electrons. The van der Waals surface area contributed by atoms with Crippen LogP contribution in [0.25, 0.3) is 16.9 Å². The zero-order valence-electron chi connectivity index (χ0n) is 17.0. The van der Waals surface area contributed by atoms with Gasteiger partial charge in [0.1, 0.15) is 5.65 Å². The monoisotopic (exact) mass is 471 g/mol. The van der Waals surface area contributed by atoms with E-state index in [9.17, 15) is 10.1 Å². The average molecular weight is 472 g/mol. The van der Waals surface area contributed by atoms with Gasteiger partial charge >= 0.3 is 5.69 Å². The molecule has 11 heteroatoms. The first kappa shape index (κ1) is 21.8. The summed E-state index contributed by atoms with van der Waals surface area (Å²) in [6.45, 7) is 2.02. The summed E-state index contributed by atoms with van der Waals surface area (Å²) in [7, 11) is 0.